The van der Waals surface area contributed by atoms with Crippen molar-refractivity contribution >= 4 is 11.6 Å². The van der Waals surface area contributed by atoms with Gasteiger partial charge in [0.25, 0.3) is 5.70 Å². The highest BCUT2D eigenvalue weighted by molar-refractivity contribution is 6.26. The lowest BCUT2D eigenvalue weighted by Crippen LogP contribution is -2.38. The lowest BCUT2D eigenvalue weighted by molar-refractivity contribution is -0.420. The van der Waals surface area contributed by atoms with Crippen molar-refractivity contribution in [3.8, 4) is 0 Å². The van der Waals surface area contributed by atoms with E-state index in [0.717, 1.165) is 0 Å². The second-order valence-electron chi connectivity index (χ2n) is 3.58. The molecule has 2 unspecified atom stereocenters. The number of rotatable bonds is 3. The lowest BCUT2D eigenvalue weighted by atomic mass is 9.86. The highest BCUT2D eigenvalue weighted by Crippen LogP contribution is 2.36. The summed E-state index contributed by atoms with van der Waals surface area (Å²) in [5.41, 5.74) is 0.579. The Morgan fingerprint density at radius 1 is 1.67 bits per heavy atom. The molecule has 0 saturated carbocycles. The molecule has 5 heteroatoms. The zero-order valence-corrected chi connectivity index (χ0v) is 9.49. The summed E-state index contributed by atoms with van der Waals surface area (Å²) in [7, 11) is 0. The zero-order valence-electron chi connectivity index (χ0n) is 8.74. The number of hydrogen-bond acceptors (Lipinski definition) is 3. The van der Waals surface area contributed by atoms with Gasteiger partial charge in [0, 0.05) is 12.2 Å². The van der Waals surface area contributed by atoms with Crippen LogP contribution in [0.15, 0.2) is 23.4 Å². The minimum Gasteiger partial charge on any atom is -0.387 e. The summed E-state index contributed by atoms with van der Waals surface area (Å²) in [6, 6.07) is 0. The summed E-state index contributed by atoms with van der Waals surface area (Å²) < 4.78 is 0. The van der Waals surface area contributed by atoms with Crippen molar-refractivity contribution in [2.75, 3.05) is 0 Å². The molecule has 0 aromatic carbocycles. The molecule has 2 atom stereocenters. The van der Waals surface area contributed by atoms with E-state index < -0.39 is 15.9 Å². The molecule has 1 aliphatic carbocycles. The molecule has 0 saturated heterocycles. The number of aliphatic hydroxyl groups is 1. The Hall–Kier alpha value is -0.870. The summed E-state index contributed by atoms with van der Waals surface area (Å²) in [6.45, 7) is 3.63. The fourth-order valence-electron chi connectivity index (χ4n) is 1.64. The van der Waals surface area contributed by atoms with Gasteiger partial charge in [0.05, 0.1) is 15.9 Å². The van der Waals surface area contributed by atoms with Gasteiger partial charge in [0.1, 0.15) is 0 Å². The molecule has 1 aliphatic rings. The molecule has 0 aromatic heterocycles. The highest BCUT2D eigenvalue weighted by Gasteiger charge is 2.39. The van der Waals surface area contributed by atoms with E-state index in [9.17, 15) is 15.2 Å². The molecular formula is C10H14ClNO3. The van der Waals surface area contributed by atoms with Gasteiger partial charge in [-0.05, 0) is 18.4 Å². The first-order chi connectivity index (χ1) is 6.94. The van der Waals surface area contributed by atoms with Crippen LogP contribution >= 0.6 is 11.6 Å². The molecule has 0 fully saturated rings. The first-order valence-corrected chi connectivity index (χ1v) is 5.27. The summed E-state index contributed by atoms with van der Waals surface area (Å²) >= 11 is 6.15. The number of nitro groups is 1. The Bertz CT molecular complexity index is 338. The maximum Gasteiger partial charge on any atom is 0.267 e. The number of alkyl halides is 1. The average molecular weight is 232 g/mol. The third-order valence-electron chi connectivity index (χ3n) is 2.69. The maximum atomic E-state index is 10.7. The topological polar surface area (TPSA) is 63.4 Å². The number of halogens is 1. The summed E-state index contributed by atoms with van der Waals surface area (Å²) in [5, 5.41) is 20.6. The molecule has 0 aromatic rings. The van der Waals surface area contributed by atoms with Crippen LogP contribution < -0.4 is 0 Å². The number of allylic oxidation sites excluding steroid dienone is 1. The predicted octanol–water partition coefficient (Wildman–Crippen LogP) is 2.25. The van der Waals surface area contributed by atoms with Crippen molar-refractivity contribution in [2.24, 2.45) is 0 Å². The first kappa shape index (κ1) is 12.2. The highest BCUT2D eigenvalue weighted by atomic mass is 35.5. The third kappa shape index (κ3) is 2.21. The van der Waals surface area contributed by atoms with Crippen molar-refractivity contribution in [2.45, 2.75) is 37.7 Å². The first-order valence-electron chi connectivity index (χ1n) is 4.89. The number of hydrogen-bond donors (Lipinski definition) is 1. The Labute approximate surface area is 93.4 Å². The third-order valence-corrected chi connectivity index (χ3v) is 3.27. The van der Waals surface area contributed by atoms with E-state index >= 15 is 0 Å². The Balaban J connectivity index is 3.16. The van der Waals surface area contributed by atoms with E-state index in [-0.39, 0.29) is 5.70 Å². The maximum absolute atomic E-state index is 10.7. The van der Waals surface area contributed by atoms with Gasteiger partial charge < -0.3 is 5.11 Å². The molecule has 15 heavy (non-hydrogen) atoms. The second-order valence-corrected chi connectivity index (χ2v) is 4.29. The molecule has 0 radical (unpaired) electrons. The van der Waals surface area contributed by atoms with Crippen molar-refractivity contribution in [1.29, 1.82) is 0 Å². The van der Waals surface area contributed by atoms with Crippen molar-refractivity contribution < 1.29 is 10.0 Å². The van der Waals surface area contributed by atoms with E-state index in [1.165, 1.54) is 12.2 Å². The molecule has 1 rings (SSSR count). The molecule has 0 spiro atoms. The summed E-state index contributed by atoms with van der Waals surface area (Å²) in [6.07, 6.45) is 2.91. The van der Waals surface area contributed by atoms with Gasteiger partial charge in [0.15, 0.2) is 0 Å². The van der Waals surface area contributed by atoms with Crippen LogP contribution in [0.25, 0.3) is 0 Å². The lowest BCUT2D eigenvalue weighted by Gasteiger charge is -2.31. The van der Waals surface area contributed by atoms with Crippen LogP contribution in [0.1, 0.15) is 26.7 Å². The Kier molecular flexibility index (Phi) is 3.52. The van der Waals surface area contributed by atoms with Crippen molar-refractivity contribution in [3.63, 3.8) is 0 Å². The van der Waals surface area contributed by atoms with Gasteiger partial charge >= 0.3 is 0 Å². The molecular weight excluding hydrogens is 218 g/mol. The van der Waals surface area contributed by atoms with Gasteiger partial charge in [-0.25, -0.2) is 0 Å². The van der Waals surface area contributed by atoms with Crippen LogP contribution in [0.2, 0.25) is 0 Å². The number of aliphatic hydroxyl groups excluding tert-OH is 1. The molecule has 0 heterocycles. The van der Waals surface area contributed by atoms with E-state index in [4.69, 9.17) is 11.6 Å². The fourth-order valence-corrected chi connectivity index (χ4v) is 1.89. The van der Waals surface area contributed by atoms with Crippen LogP contribution in [0.5, 0.6) is 0 Å². The fraction of sp³-hybridized carbons (Fsp3) is 0.600. The van der Waals surface area contributed by atoms with E-state index in [2.05, 4.69) is 0 Å². The molecule has 0 bridgehead atoms. The van der Waals surface area contributed by atoms with Crippen LogP contribution in [-0.2, 0) is 0 Å². The second kappa shape index (κ2) is 4.33. The van der Waals surface area contributed by atoms with E-state index in [0.29, 0.717) is 18.4 Å². The van der Waals surface area contributed by atoms with Crippen LogP contribution in [0, 0.1) is 10.1 Å². The van der Waals surface area contributed by atoms with Crippen LogP contribution in [-0.4, -0.2) is 21.0 Å². The zero-order chi connectivity index (χ0) is 11.6. The summed E-state index contributed by atoms with van der Waals surface area (Å²) in [5.74, 6) is 0. The standard InChI is InChI=1S/C10H14ClNO3/c1-3-7-5-8(12(14)15)6-10(11,4-2)9(7)13/h5-6,9,13H,3-4H2,1-2H3. The minimum atomic E-state index is -1.04. The van der Waals surface area contributed by atoms with Gasteiger partial charge in [-0.1, -0.05) is 13.8 Å². The minimum absolute atomic E-state index is 0.0333. The quantitative estimate of drug-likeness (QED) is 0.460. The van der Waals surface area contributed by atoms with E-state index in [1.807, 2.05) is 6.92 Å². The SMILES string of the molecule is CCC1=CC([N+](=O)[O-])=CC(Cl)(CC)C1O. The smallest absolute Gasteiger partial charge is 0.267 e. The van der Waals surface area contributed by atoms with Gasteiger partial charge in [-0.3, -0.25) is 10.1 Å². The molecule has 4 nitrogen and oxygen atoms in total. The monoisotopic (exact) mass is 231 g/mol. The summed E-state index contributed by atoms with van der Waals surface area (Å²) in [4.78, 5) is 9.16. The van der Waals surface area contributed by atoms with Gasteiger partial charge in [0.2, 0.25) is 0 Å². The predicted molar refractivity (Wildman–Crippen MR) is 58.3 cm³/mol. The van der Waals surface area contributed by atoms with Crippen molar-refractivity contribution in [3.05, 3.63) is 33.5 Å². The molecule has 84 valence electrons. The largest absolute Gasteiger partial charge is 0.387 e. The Morgan fingerprint density at radius 3 is 2.67 bits per heavy atom. The normalized spacial score (nSPS) is 30.8. The number of nitrogens with zero attached hydrogens (tertiary/aromatic N) is 1. The van der Waals surface area contributed by atoms with Crippen LogP contribution in [0.3, 0.4) is 0 Å². The van der Waals surface area contributed by atoms with Gasteiger partial charge in [-0.15, -0.1) is 11.6 Å². The van der Waals surface area contributed by atoms with Crippen molar-refractivity contribution in [1.82, 2.24) is 0 Å². The van der Waals surface area contributed by atoms with Crippen LogP contribution in [0.4, 0.5) is 0 Å². The van der Waals surface area contributed by atoms with E-state index in [1.54, 1.807) is 6.92 Å². The molecule has 1 N–H and O–H groups in total. The average Bonchev–Trinajstić information content (AvgIpc) is 2.21. The molecule has 0 amide bonds. The van der Waals surface area contributed by atoms with Gasteiger partial charge in [-0.2, -0.15) is 0 Å². The Morgan fingerprint density at radius 2 is 2.27 bits per heavy atom. The molecule has 0 aliphatic heterocycles.